The van der Waals surface area contributed by atoms with E-state index >= 15 is 0 Å². The minimum Gasteiger partial charge on any atom is -0.373 e. The maximum Gasteiger partial charge on any atom is 0.134 e. The lowest BCUT2D eigenvalue weighted by atomic mass is 10.2. The Balaban J connectivity index is 2.78. The molecular formula is C15H28N4S. The molecule has 0 radical (unpaired) electrons. The number of hydrogen-bond acceptors (Lipinski definition) is 5. The lowest BCUT2D eigenvalue weighted by Crippen LogP contribution is -2.19. The molecule has 1 aromatic heterocycles. The third-order valence-corrected chi connectivity index (χ3v) is 4.12. The molecule has 0 bridgehead atoms. The van der Waals surface area contributed by atoms with E-state index in [1.165, 1.54) is 11.5 Å². The molecule has 1 aromatic rings. The Labute approximate surface area is 127 Å². The second kappa shape index (κ2) is 9.06. The molecule has 0 aromatic carbocycles. The van der Waals surface area contributed by atoms with E-state index in [1.54, 1.807) is 0 Å². The Morgan fingerprint density at radius 3 is 2.50 bits per heavy atom. The van der Waals surface area contributed by atoms with Crippen molar-refractivity contribution in [3.63, 3.8) is 0 Å². The van der Waals surface area contributed by atoms with Crippen LogP contribution in [0.15, 0.2) is 0 Å². The van der Waals surface area contributed by atoms with Crippen LogP contribution in [0.4, 0.5) is 11.6 Å². The van der Waals surface area contributed by atoms with Crippen LogP contribution in [0.3, 0.4) is 0 Å². The average molecular weight is 296 g/mol. The molecule has 20 heavy (non-hydrogen) atoms. The molecule has 0 spiro atoms. The number of aromatic nitrogens is 2. The molecule has 1 unspecified atom stereocenters. The summed E-state index contributed by atoms with van der Waals surface area (Å²) >= 11 is 1.99. The van der Waals surface area contributed by atoms with Crippen molar-refractivity contribution in [3.05, 3.63) is 11.4 Å². The van der Waals surface area contributed by atoms with Gasteiger partial charge in [-0.25, -0.2) is 9.97 Å². The first-order valence-corrected chi connectivity index (χ1v) is 8.67. The number of hydrogen-bond donors (Lipinski definition) is 2. The van der Waals surface area contributed by atoms with Gasteiger partial charge >= 0.3 is 0 Å². The summed E-state index contributed by atoms with van der Waals surface area (Å²) in [4.78, 5) is 9.23. The van der Waals surface area contributed by atoms with Crippen LogP contribution in [0.1, 0.15) is 45.0 Å². The molecule has 114 valence electrons. The molecule has 0 saturated carbocycles. The topological polar surface area (TPSA) is 49.8 Å². The predicted octanol–water partition coefficient (Wildman–Crippen LogP) is 3.72. The van der Waals surface area contributed by atoms with Gasteiger partial charge in [0.05, 0.1) is 0 Å². The summed E-state index contributed by atoms with van der Waals surface area (Å²) in [5.74, 6) is 5.20. The van der Waals surface area contributed by atoms with Gasteiger partial charge in [-0.2, -0.15) is 11.8 Å². The van der Waals surface area contributed by atoms with Crippen LogP contribution < -0.4 is 10.6 Å². The summed E-state index contributed by atoms with van der Waals surface area (Å²) in [5.41, 5.74) is 1.10. The van der Waals surface area contributed by atoms with E-state index in [0.717, 1.165) is 42.3 Å². The normalized spacial score (nSPS) is 12.2. The minimum absolute atomic E-state index is 0.432. The Hall–Kier alpha value is -0.970. The highest BCUT2D eigenvalue weighted by atomic mass is 32.2. The van der Waals surface area contributed by atoms with Gasteiger partial charge in [0.15, 0.2) is 0 Å². The second-order valence-corrected chi connectivity index (χ2v) is 6.39. The quantitative estimate of drug-likeness (QED) is 0.680. The summed E-state index contributed by atoms with van der Waals surface area (Å²) in [5, 5.41) is 6.70. The van der Waals surface area contributed by atoms with Crippen molar-refractivity contribution in [3.8, 4) is 0 Å². The van der Waals surface area contributed by atoms with E-state index in [0.29, 0.717) is 6.04 Å². The predicted molar refractivity (Wildman–Crippen MR) is 91.0 cm³/mol. The van der Waals surface area contributed by atoms with Crippen LogP contribution >= 0.6 is 11.8 Å². The molecule has 5 heteroatoms. The molecule has 1 atom stereocenters. The van der Waals surface area contributed by atoms with Crippen molar-refractivity contribution in [2.24, 2.45) is 0 Å². The Morgan fingerprint density at radius 1 is 1.20 bits per heavy atom. The van der Waals surface area contributed by atoms with Crippen LogP contribution in [0.2, 0.25) is 0 Å². The molecule has 1 heterocycles. The van der Waals surface area contributed by atoms with Gasteiger partial charge in [-0.3, -0.25) is 0 Å². The molecule has 4 nitrogen and oxygen atoms in total. The monoisotopic (exact) mass is 296 g/mol. The lowest BCUT2D eigenvalue weighted by Gasteiger charge is -2.18. The zero-order chi connectivity index (χ0) is 15.0. The highest BCUT2D eigenvalue weighted by molar-refractivity contribution is 7.99. The van der Waals surface area contributed by atoms with Crippen molar-refractivity contribution in [2.75, 3.05) is 29.2 Å². The zero-order valence-electron chi connectivity index (χ0n) is 13.4. The van der Waals surface area contributed by atoms with E-state index in [2.05, 4.69) is 48.3 Å². The molecule has 0 aliphatic heterocycles. The third-order valence-electron chi connectivity index (χ3n) is 3.18. The molecule has 0 amide bonds. The fourth-order valence-electron chi connectivity index (χ4n) is 1.99. The van der Waals surface area contributed by atoms with E-state index in [1.807, 2.05) is 18.8 Å². The van der Waals surface area contributed by atoms with E-state index in [4.69, 9.17) is 0 Å². The molecule has 0 aliphatic rings. The van der Waals surface area contributed by atoms with Crippen molar-refractivity contribution in [2.45, 2.75) is 53.0 Å². The van der Waals surface area contributed by atoms with Gasteiger partial charge in [0.2, 0.25) is 0 Å². The van der Waals surface area contributed by atoms with Crippen LogP contribution in [-0.2, 0) is 6.42 Å². The number of anilines is 2. The first kappa shape index (κ1) is 17.1. The molecule has 2 N–H and O–H groups in total. The standard InChI is InChI=1S/C15H28N4S/c1-6-8-13-18-14(16-5)12(4)15(19-13)17-11(3)9-10-20-7-2/h11H,6-10H2,1-5H3,(H2,16,17,18,19). The smallest absolute Gasteiger partial charge is 0.134 e. The van der Waals surface area contributed by atoms with E-state index < -0.39 is 0 Å². The first-order valence-electron chi connectivity index (χ1n) is 7.51. The number of nitrogens with one attached hydrogen (secondary N) is 2. The van der Waals surface area contributed by atoms with Crippen LogP contribution in [0.25, 0.3) is 0 Å². The SMILES string of the molecule is CCCc1nc(NC)c(C)c(NC(C)CCSCC)n1. The van der Waals surface area contributed by atoms with Gasteiger partial charge in [-0.05, 0) is 38.2 Å². The minimum atomic E-state index is 0.432. The average Bonchev–Trinajstić information content (AvgIpc) is 2.42. The number of thioether (sulfide) groups is 1. The fourth-order valence-corrected chi connectivity index (χ4v) is 2.80. The summed E-state index contributed by atoms with van der Waals surface area (Å²) in [7, 11) is 1.91. The van der Waals surface area contributed by atoms with Gasteiger partial charge in [0.1, 0.15) is 17.5 Å². The van der Waals surface area contributed by atoms with Gasteiger partial charge < -0.3 is 10.6 Å². The highest BCUT2D eigenvalue weighted by Crippen LogP contribution is 2.21. The molecule has 1 rings (SSSR count). The Morgan fingerprint density at radius 2 is 1.90 bits per heavy atom. The number of nitrogens with zero attached hydrogens (tertiary/aromatic N) is 2. The van der Waals surface area contributed by atoms with Crippen LogP contribution in [0.5, 0.6) is 0 Å². The Bertz CT molecular complexity index is 409. The largest absolute Gasteiger partial charge is 0.373 e. The summed E-state index contributed by atoms with van der Waals surface area (Å²) in [6.07, 6.45) is 3.14. The van der Waals surface area contributed by atoms with Gasteiger partial charge in [-0.1, -0.05) is 13.8 Å². The van der Waals surface area contributed by atoms with Gasteiger partial charge in [-0.15, -0.1) is 0 Å². The second-order valence-electron chi connectivity index (χ2n) is 4.99. The summed E-state index contributed by atoms with van der Waals surface area (Å²) in [6, 6.07) is 0.432. The zero-order valence-corrected chi connectivity index (χ0v) is 14.2. The number of aryl methyl sites for hydroxylation is 1. The van der Waals surface area contributed by atoms with Crippen LogP contribution in [0, 0.1) is 6.92 Å². The van der Waals surface area contributed by atoms with Crippen molar-refractivity contribution in [1.82, 2.24) is 9.97 Å². The van der Waals surface area contributed by atoms with Crippen molar-refractivity contribution >= 4 is 23.4 Å². The fraction of sp³-hybridized carbons (Fsp3) is 0.733. The van der Waals surface area contributed by atoms with E-state index in [-0.39, 0.29) is 0 Å². The molecule has 0 saturated heterocycles. The molecular weight excluding hydrogens is 268 g/mol. The first-order chi connectivity index (χ1) is 9.62. The van der Waals surface area contributed by atoms with Crippen molar-refractivity contribution < 1.29 is 0 Å². The molecule has 0 aliphatic carbocycles. The summed E-state index contributed by atoms with van der Waals surface area (Å²) in [6.45, 7) is 8.64. The maximum atomic E-state index is 4.67. The van der Waals surface area contributed by atoms with Gasteiger partial charge in [0, 0.05) is 25.1 Å². The lowest BCUT2D eigenvalue weighted by molar-refractivity contribution is 0.756. The maximum absolute atomic E-state index is 4.67. The Kier molecular flexibility index (Phi) is 7.73. The van der Waals surface area contributed by atoms with E-state index in [9.17, 15) is 0 Å². The van der Waals surface area contributed by atoms with Gasteiger partial charge in [0.25, 0.3) is 0 Å². The summed E-state index contributed by atoms with van der Waals surface area (Å²) < 4.78 is 0. The number of rotatable bonds is 9. The third kappa shape index (κ3) is 5.19. The molecule has 0 fully saturated rings. The van der Waals surface area contributed by atoms with Crippen LogP contribution in [-0.4, -0.2) is 34.6 Å². The van der Waals surface area contributed by atoms with Crippen molar-refractivity contribution in [1.29, 1.82) is 0 Å². The highest BCUT2D eigenvalue weighted by Gasteiger charge is 2.11.